The largest absolute Gasteiger partial charge is 0.338 e. The predicted molar refractivity (Wildman–Crippen MR) is 90.0 cm³/mol. The van der Waals surface area contributed by atoms with Gasteiger partial charge in [-0.05, 0) is 24.8 Å². The Balaban J connectivity index is 1.69. The van der Waals surface area contributed by atoms with E-state index in [1.54, 1.807) is 0 Å². The highest BCUT2D eigenvalue weighted by Gasteiger charge is 2.33. The van der Waals surface area contributed by atoms with Gasteiger partial charge >= 0.3 is 6.03 Å². The van der Waals surface area contributed by atoms with Crippen molar-refractivity contribution < 1.29 is 4.79 Å². The molecule has 0 atom stereocenters. The van der Waals surface area contributed by atoms with Gasteiger partial charge in [0.15, 0.2) is 0 Å². The number of nitrogens with one attached hydrogen (secondary N) is 1. The number of benzene rings is 1. The predicted octanol–water partition coefficient (Wildman–Crippen LogP) is 3.02. The Morgan fingerprint density at radius 3 is 2.83 bits per heavy atom. The molecule has 0 aliphatic heterocycles. The second-order valence-corrected chi connectivity index (χ2v) is 6.05. The fourth-order valence-corrected chi connectivity index (χ4v) is 2.65. The number of amides is 2. The quantitative estimate of drug-likeness (QED) is 0.854. The average molecular weight is 312 g/mol. The summed E-state index contributed by atoms with van der Waals surface area (Å²) < 4.78 is 2.12. The number of urea groups is 1. The molecule has 0 spiro atoms. The van der Waals surface area contributed by atoms with E-state index < -0.39 is 0 Å². The molecular weight excluding hydrogens is 288 g/mol. The van der Waals surface area contributed by atoms with Crippen LogP contribution >= 0.6 is 0 Å². The van der Waals surface area contributed by atoms with Gasteiger partial charge in [-0.15, -0.1) is 0 Å². The van der Waals surface area contributed by atoms with E-state index in [1.807, 2.05) is 35.5 Å². The first kappa shape index (κ1) is 15.6. The van der Waals surface area contributed by atoms with Crippen LogP contribution in [0.4, 0.5) is 4.79 Å². The van der Waals surface area contributed by atoms with Gasteiger partial charge in [0, 0.05) is 31.5 Å². The van der Waals surface area contributed by atoms with Gasteiger partial charge in [-0.3, -0.25) is 0 Å². The van der Waals surface area contributed by atoms with Crippen LogP contribution in [0.15, 0.2) is 42.7 Å². The van der Waals surface area contributed by atoms with Crippen LogP contribution in [0.1, 0.15) is 37.6 Å². The number of hydrogen-bond acceptors (Lipinski definition) is 2. The summed E-state index contributed by atoms with van der Waals surface area (Å²) in [5, 5.41) is 2.99. The molecule has 2 amide bonds. The van der Waals surface area contributed by atoms with E-state index in [0.717, 1.165) is 38.2 Å². The fraction of sp³-hybridized carbons (Fsp3) is 0.444. The maximum Gasteiger partial charge on any atom is 0.318 e. The molecule has 1 heterocycles. The summed E-state index contributed by atoms with van der Waals surface area (Å²) in [6, 6.07) is 10.7. The Labute approximate surface area is 137 Å². The average Bonchev–Trinajstić information content (AvgIpc) is 3.32. The smallest absolute Gasteiger partial charge is 0.318 e. The SMILES string of the molecule is CCCNC(=O)N(Cc1nccn1Cc1ccccc1)C1CC1. The molecule has 5 nitrogen and oxygen atoms in total. The summed E-state index contributed by atoms with van der Waals surface area (Å²) in [5.74, 6) is 0.937. The highest BCUT2D eigenvalue weighted by molar-refractivity contribution is 5.74. The Hall–Kier alpha value is -2.30. The topological polar surface area (TPSA) is 50.2 Å². The van der Waals surface area contributed by atoms with Crippen molar-refractivity contribution in [2.45, 2.75) is 45.3 Å². The van der Waals surface area contributed by atoms with Crippen LogP contribution in [0.5, 0.6) is 0 Å². The second kappa shape index (κ2) is 7.31. The highest BCUT2D eigenvalue weighted by Crippen LogP contribution is 2.28. The van der Waals surface area contributed by atoms with E-state index in [0.29, 0.717) is 12.6 Å². The van der Waals surface area contributed by atoms with Crippen LogP contribution < -0.4 is 5.32 Å². The number of rotatable bonds is 7. The third-order valence-corrected chi connectivity index (χ3v) is 4.08. The molecule has 1 aliphatic carbocycles. The summed E-state index contributed by atoms with van der Waals surface area (Å²) >= 11 is 0. The Bertz CT molecular complexity index is 633. The van der Waals surface area contributed by atoms with E-state index in [1.165, 1.54) is 5.56 Å². The summed E-state index contributed by atoms with van der Waals surface area (Å²) in [4.78, 5) is 18.8. The second-order valence-electron chi connectivity index (χ2n) is 6.05. The summed E-state index contributed by atoms with van der Waals surface area (Å²) in [5.41, 5.74) is 1.24. The van der Waals surface area contributed by atoms with Gasteiger partial charge in [0.05, 0.1) is 6.54 Å². The van der Waals surface area contributed by atoms with Crippen molar-refractivity contribution in [1.82, 2.24) is 19.8 Å². The van der Waals surface area contributed by atoms with Crippen LogP contribution in [0.25, 0.3) is 0 Å². The number of imidazole rings is 1. The number of carbonyl (C=O) groups excluding carboxylic acids is 1. The molecule has 0 radical (unpaired) electrons. The first-order valence-corrected chi connectivity index (χ1v) is 8.36. The summed E-state index contributed by atoms with van der Waals surface area (Å²) in [6.07, 6.45) is 6.94. The monoisotopic (exact) mass is 312 g/mol. The van der Waals surface area contributed by atoms with E-state index in [9.17, 15) is 4.79 Å². The number of hydrogen-bond donors (Lipinski definition) is 1. The van der Waals surface area contributed by atoms with E-state index in [-0.39, 0.29) is 6.03 Å². The number of carbonyl (C=O) groups is 1. The normalized spacial score (nSPS) is 13.8. The van der Waals surface area contributed by atoms with Crippen LogP contribution in [0, 0.1) is 0 Å². The Morgan fingerprint density at radius 1 is 1.35 bits per heavy atom. The summed E-state index contributed by atoms with van der Waals surface area (Å²) in [6.45, 7) is 4.14. The lowest BCUT2D eigenvalue weighted by atomic mass is 10.2. The zero-order valence-corrected chi connectivity index (χ0v) is 13.6. The highest BCUT2D eigenvalue weighted by atomic mass is 16.2. The minimum Gasteiger partial charge on any atom is -0.338 e. The lowest BCUT2D eigenvalue weighted by Crippen LogP contribution is -2.41. The van der Waals surface area contributed by atoms with Crippen LogP contribution in [0.3, 0.4) is 0 Å². The van der Waals surface area contributed by atoms with Gasteiger partial charge in [0.2, 0.25) is 0 Å². The van der Waals surface area contributed by atoms with Gasteiger partial charge in [-0.25, -0.2) is 9.78 Å². The van der Waals surface area contributed by atoms with Crippen molar-refractivity contribution in [3.63, 3.8) is 0 Å². The van der Waals surface area contributed by atoms with Crippen molar-refractivity contribution in [2.24, 2.45) is 0 Å². The van der Waals surface area contributed by atoms with Gasteiger partial charge in [-0.2, -0.15) is 0 Å². The molecule has 0 unspecified atom stereocenters. The summed E-state index contributed by atoms with van der Waals surface area (Å²) in [7, 11) is 0. The van der Waals surface area contributed by atoms with E-state index in [4.69, 9.17) is 0 Å². The molecular formula is C18H24N4O. The van der Waals surface area contributed by atoms with Gasteiger partial charge in [0.25, 0.3) is 0 Å². The maximum absolute atomic E-state index is 12.4. The van der Waals surface area contributed by atoms with Crippen molar-refractivity contribution in [3.05, 3.63) is 54.1 Å². The van der Waals surface area contributed by atoms with Gasteiger partial charge in [-0.1, -0.05) is 37.3 Å². The molecule has 3 rings (SSSR count). The molecule has 1 aromatic heterocycles. The van der Waals surface area contributed by atoms with Crippen molar-refractivity contribution in [3.8, 4) is 0 Å². The first-order valence-electron chi connectivity index (χ1n) is 8.36. The third kappa shape index (κ3) is 4.12. The Morgan fingerprint density at radius 2 is 2.13 bits per heavy atom. The molecule has 0 bridgehead atoms. The molecule has 23 heavy (non-hydrogen) atoms. The number of nitrogens with zero attached hydrogens (tertiary/aromatic N) is 3. The maximum atomic E-state index is 12.4. The van der Waals surface area contributed by atoms with Gasteiger partial charge < -0.3 is 14.8 Å². The molecule has 1 saturated carbocycles. The molecule has 1 N–H and O–H groups in total. The lowest BCUT2D eigenvalue weighted by molar-refractivity contribution is 0.190. The first-order chi connectivity index (χ1) is 11.3. The standard InChI is InChI=1S/C18H24N4O/c1-2-10-20-18(23)22(16-8-9-16)14-17-19-11-12-21(17)13-15-6-4-3-5-7-15/h3-7,11-12,16H,2,8-10,13-14H2,1H3,(H,20,23). The van der Waals surface area contributed by atoms with Crippen LogP contribution in [-0.2, 0) is 13.1 Å². The molecule has 2 aromatic rings. The lowest BCUT2D eigenvalue weighted by Gasteiger charge is -2.23. The van der Waals surface area contributed by atoms with Gasteiger partial charge in [0.1, 0.15) is 5.82 Å². The minimum absolute atomic E-state index is 0.0311. The molecule has 1 fully saturated rings. The number of aromatic nitrogens is 2. The fourth-order valence-electron chi connectivity index (χ4n) is 2.65. The van der Waals surface area contributed by atoms with E-state index in [2.05, 4.69) is 33.9 Å². The van der Waals surface area contributed by atoms with Crippen LogP contribution in [0.2, 0.25) is 0 Å². The zero-order chi connectivity index (χ0) is 16.1. The Kier molecular flexibility index (Phi) is 4.95. The molecule has 0 saturated heterocycles. The van der Waals surface area contributed by atoms with Crippen LogP contribution in [-0.4, -0.2) is 33.1 Å². The molecule has 1 aromatic carbocycles. The third-order valence-electron chi connectivity index (χ3n) is 4.08. The van der Waals surface area contributed by atoms with Crippen molar-refractivity contribution in [2.75, 3.05) is 6.54 Å². The zero-order valence-electron chi connectivity index (χ0n) is 13.6. The molecule has 1 aliphatic rings. The van der Waals surface area contributed by atoms with E-state index >= 15 is 0 Å². The molecule has 5 heteroatoms. The van der Waals surface area contributed by atoms with Crippen molar-refractivity contribution >= 4 is 6.03 Å². The minimum atomic E-state index is 0.0311. The van der Waals surface area contributed by atoms with Crippen molar-refractivity contribution in [1.29, 1.82) is 0 Å². The molecule has 122 valence electrons.